The van der Waals surface area contributed by atoms with Crippen LogP contribution in [0.1, 0.15) is 33.1 Å². The highest BCUT2D eigenvalue weighted by Crippen LogP contribution is 2.33. The molecule has 2 N–H and O–H groups in total. The Bertz CT molecular complexity index is 206. The Morgan fingerprint density at radius 3 is 2.80 bits per heavy atom. The lowest BCUT2D eigenvalue weighted by Crippen LogP contribution is -2.46. The highest BCUT2D eigenvalue weighted by atomic mass is 32.2. The summed E-state index contributed by atoms with van der Waals surface area (Å²) in [6, 6.07) is 1.21. The van der Waals surface area contributed by atoms with Crippen LogP contribution in [0.3, 0.4) is 0 Å². The van der Waals surface area contributed by atoms with Gasteiger partial charge in [0.1, 0.15) is 0 Å². The maximum Gasteiger partial charge on any atom is 0.0184 e. The van der Waals surface area contributed by atoms with E-state index in [4.69, 9.17) is 5.73 Å². The highest BCUT2D eigenvalue weighted by Gasteiger charge is 2.30. The van der Waals surface area contributed by atoms with Crippen LogP contribution in [0.15, 0.2) is 0 Å². The molecule has 0 radical (unpaired) electrons. The van der Waals surface area contributed by atoms with Crippen molar-refractivity contribution < 1.29 is 0 Å². The Balaban J connectivity index is 1.72. The lowest BCUT2D eigenvalue weighted by atomic mass is 10.1. The summed E-state index contributed by atoms with van der Waals surface area (Å²) in [6.45, 7) is 7.18. The van der Waals surface area contributed by atoms with Crippen LogP contribution < -0.4 is 5.73 Å². The number of hydrogen-bond donors (Lipinski definition) is 1. The fourth-order valence-electron chi connectivity index (χ4n) is 2.39. The molecule has 1 aliphatic carbocycles. The molecule has 2 rings (SSSR count). The van der Waals surface area contributed by atoms with E-state index in [1.54, 1.807) is 0 Å². The molecule has 88 valence electrons. The topological polar surface area (TPSA) is 29.3 Å². The highest BCUT2D eigenvalue weighted by molar-refractivity contribution is 8.00. The largest absolute Gasteiger partial charge is 0.327 e. The number of rotatable bonds is 4. The van der Waals surface area contributed by atoms with E-state index in [9.17, 15) is 0 Å². The Kier molecular flexibility index (Phi) is 3.97. The maximum atomic E-state index is 6.14. The van der Waals surface area contributed by atoms with Gasteiger partial charge in [0.25, 0.3) is 0 Å². The first-order chi connectivity index (χ1) is 7.18. The van der Waals surface area contributed by atoms with Gasteiger partial charge in [0, 0.05) is 29.6 Å². The molecule has 0 amide bonds. The summed E-state index contributed by atoms with van der Waals surface area (Å²) in [7, 11) is 0. The average molecular weight is 228 g/mol. The van der Waals surface area contributed by atoms with Crippen molar-refractivity contribution in [3.63, 3.8) is 0 Å². The minimum Gasteiger partial charge on any atom is -0.327 e. The second-order valence-electron chi connectivity index (χ2n) is 5.14. The predicted molar refractivity (Wildman–Crippen MR) is 68.3 cm³/mol. The lowest BCUT2D eigenvalue weighted by molar-refractivity contribution is 0.203. The normalized spacial score (nSPS) is 35.4. The summed E-state index contributed by atoms with van der Waals surface area (Å²) in [4.78, 5) is 2.63. The average Bonchev–Trinajstić information content (AvgIpc) is 3.03. The van der Waals surface area contributed by atoms with Crippen LogP contribution in [-0.4, -0.2) is 41.1 Å². The summed E-state index contributed by atoms with van der Waals surface area (Å²) in [6.07, 6.45) is 3.96. The molecule has 3 atom stereocenters. The van der Waals surface area contributed by atoms with Crippen molar-refractivity contribution in [2.24, 2.45) is 11.7 Å². The molecule has 1 saturated heterocycles. The second-order valence-corrected chi connectivity index (χ2v) is 6.63. The number of thioether (sulfide) groups is 1. The zero-order valence-corrected chi connectivity index (χ0v) is 10.8. The molecule has 2 fully saturated rings. The second kappa shape index (κ2) is 5.07. The molecule has 3 unspecified atom stereocenters. The van der Waals surface area contributed by atoms with E-state index < -0.39 is 0 Å². The Labute approximate surface area is 98.0 Å². The van der Waals surface area contributed by atoms with Gasteiger partial charge in [-0.05, 0) is 38.6 Å². The predicted octanol–water partition coefficient (Wildman–Crippen LogP) is 1.94. The fraction of sp³-hybridized carbons (Fsp3) is 1.00. The first-order valence-corrected chi connectivity index (χ1v) is 7.34. The molecule has 3 heteroatoms. The van der Waals surface area contributed by atoms with Gasteiger partial charge < -0.3 is 5.73 Å². The summed E-state index contributed by atoms with van der Waals surface area (Å²) in [5.74, 6) is 2.15. The molecule has 1 heterocycles. The molecule has 15 heavy (non-hydrogen) atoms. The van der Waals surface area contributed by atoms with Crippen LogP contribution in [0.4, 0.5) is 0 Å². The molecule has 0 spiro atoms. The van der Waals surface area contributed by atoms with Crippen molar-refractivity contribution in [3.05, 3.63) is 0 Å². The van der Waals surface area contributed by atoms with Crippen molar-refractivity contribution in [3.8, 4) is 0 Å². The SMILES string of the molecule is CC1SCCN(CCC(N)C2CC2)C1C. The van der Waals surface area contributed by atoms with Gasteiger partial charge in [-0.3, -0.25) is 4.90 Å². The van der Waals surface area contributed by atoms with Crippen LogP contribution in [0, 0.1) is 5.92 Å². The molecule has 0 bridgehead atoms. The Morgan fingerprint density at radius 2 is 2.13 bits per heavy atom. The Hall–Kier alpha value is 0.270. The van der Waals surface area contributed by atoms with Crippen LogP contribution in [-0.2, 0) is 0 Å². The van der Waals surface area contributed by atoms with E-state index in [-0.39, 0.29) is 0 Å². The quantitative estimate of drug-likeness (QED) is 0.797. The van der Waals surface area contributed by atoms with Gasteiger partial charge in [-0.2, -0.15) is 11.8 Å². The maximum absolute atomic E-state index is 6.14. The molecular formula is C12H24N2S. The lowest BCUT2D eigenvalue weighted by Gasteiger charge is -2.38. The first kappa shape index (κ1) is 11.7. The van der Waals surface area contributed by atoms with Gasteiger partial charge in [0.15, 0.2) is 0 Å². The van der Waals surface area contributed by atoms with E-state index in [1.807, 2.05) is 0 Å². The number of nitrogens with zero attached hydrogens (tertiary/aromatic N) is 1. The molecule has 0 aromatic heterocycles. The van der Waals surface area contributed by atoms with Crippen molar-refractivity contribution in [1.82, 2.24) is 4.90 Å². The van der Waals surface area contributed by atoms with Gasteiger partial charge in [-0.25, -0.2) is 0 Å². The zero-order chi connectivity index (χ0) is 10.8. The zero-order valence-electron chi connectivity index (χ0n) is 9.98. The van der Waals surface area contributed by atoms with Crippen LogP contribution in [0.25, 0.3) is 0 Å². The van der Waals surface area contributed by atoms with E-state index >= 15 is 0 Å². The minimum absolute atomic E-state index is 0.474. The molecule has 2 nitrogen and oxygen atoms in total. The third-order valence-electron chi connectivity index (χ3n) is 3.99. The van der Waals surface area contributed by atoms with Gasteiger partial charge >= 0.3 is 0 Å². The van der Waals surface area contributed by atoms with E-state index in [0.717, 1.165) is 17.2 Å². The molecular weight excluding hydrogens is 204 g/mol. The monoisotopic (exact) mass is 228 g/mol. The Morgan fingerprint density at radius 1 is 1.40 bits per heavy atom. The van der Waals surface area contributed by atoms with Gasteiger partial charge in [0.05, 0.1) is 0 Å². The number of hydrogen-bond acceptors (Lipinski definition) is 3. The first-order valence-electron chi connectivity index (χ1n) is 6.29. The van der Waals surface area contributed by atoms with Gasteiger partial charge in [0.2, 0.25) is 0 Å². The van der Waals surface area contributed by atoms with Crippen molar-refractivity contribution in [2.75, 3.05) is 18.8 Å². The standard InChI is InChI=1S/C12H24N2S/c1-9-10(2)15-8-7-14(9)6-5-12(13)11-3-4-11/h9-12H,3-8,13H2,1-2H3. The van der Waals surface area contributed by atoms with Gasteiger partial charge in [-0.1, -0.05) is 6.92 Å². The van der Waals surface area contributed by atoms with Gasteiger partial charge in [-0.15, -0.1) is 0 Å². The number of nitrogens with two attached hydrogens (primary N) is 1. The summed E-state index contributed by atoms with van der Waals surface area (Å²) >= 11 is 2.11. The van der Waals surface area contributed by atoms with E-state index in [0.29, 0.717) is 6.04 Å². The molecule has 0 aromatic rings. The van der Waals surface area contributed by atoms with E-state index in [1.165, 1.54) is 38.1 Å². The summed E-state index contributed by atoms with van der Waals surface area (Å²) < 4.78 is 0. The third kappa shape index (κ3) is 3.11. The molecule has 1 aliphatic heterocycles. The smallest absolute Gasteiger partial charge is 0.0184 e. The summed E-state index contributed by atoms with van der Waals surface area (Å²) in [5.41, 5.74) is 6.14. The van der Waals surface area contributed by atoms with Crippen LogP contribution in [0.5, 0.6) is 0 Å². The van der Waals surface area contributed by atoms with Crippen LogP contribution >= 0.6 is 11.8 Å². The molecule has 1 saturated carbocycles. The van der Waals surface area contributed by atoms with Crippen LogP contribution in [0.2, 0.25) is 0 Å². The molecule has 2 aliphatic rings. The summed E-state index contributed by atoms with van der Waals surface area (Å²) in [5, 5.41) is 0.788. The third-order valence-corrected chi connectivity index (χ3v) is 5.33. The van der Waals surface area contributed by atoms with Crippen molar-refractivity contribution in [1.29, 1.82) is 0 Å². The molecule has 0 aromatic carbocycles. The van der Waals surface area contributed by atoms with E-state index in [2.05, 4.69) is 30.5 Å². The van der Waals surface area contributed by atoms with Crippen molar-refractivity contribution in [2.45, 2.75) is 50.4 Å². The minimum atomic E-state index is 0.474. The van der Waals surface area contributed by atoms with Crippen molar-refractivity contribution >= 4 is 11.8 Å². The fourth-order valence-corrected chi connectivity index (χ4v) is 3.55.